The summed E-state index contributed by atoms with van der Waals surface area (Å²) in [7, 11) is 1.31. The number of carbonyl (C=O) groups excluding carboxylic acids is 3. The average Bonchev–Trinajstić information content (AvgIpc) is 2.93. The summed E-state index contributed by atoms with van der Waals surface area (Å²) in [6.45, 7) is 4.86. The van der Waals surface area contributed by atoms with Crippen molar-refractivity contribution in [2.24, 2.45) is 0 Å². The number of phenolic OH excluding ortho intramolecular Hbond substituents is 3. The summed E-state index contributed by atoms with van der Waals surface area (Å²) >= 11 is 0. The van der Waals surface area contributed by atoms with Crippen LogP contribution < -0.4 is 0 Å². The minimum absolute atomic E-state index is 0.137. The molecule has 0 atom stereocenters. The van der Waals surface area contributed by atoms with Crippen LogP contribution >= 0.6 is 0 Å². The average molecular weight is 527 g/mol. The third kappa shape index (κ3) is 12.4. The molecule has 0 unspecified atom stereocenters. The lowest BCUT2D eigenvalue weighted by atomic mass is 10.2. The molecule has 3 N–H and O–H groups in total. The zero-order chi connectivity index (χ0) is 28.3. The van der Waals surface area contributed by atoms with Crippen LogP contribution in [0.5, 0.6) is 17.2 Å². The summed E-state index contributed by atoms with van der Waals surface area (Å²) in [4.78, 5) is 33.4. The molecule has 0 saturated carbocycles. The van der Waals surface area contributed by atoms with Gasteiger partial charge in [-0.25, -0.2) is 14.4 Å². The Kier molecular flexibility index (Phi) is 14.8. The van der Waals surface area contributed by atoms with Gasteiger partial charge in [-0.15, -0.1) is 0 Å². The molecule has 0 saturated heterocycles. The highest BCUT2D eigenvalue weighted by Crippen LogP contribution is 2.12. The molecule has 3 aromatic carbocycles. The van der Waals surface area contributed by atoms with Gasteiger partial charge in [-0.2, -0.15) is 0 Å². The molecule has 0 spiro atoms. The van der Waals surface area contributed by atoms with Crippen LogP contribution in [-0.2, 0) is 14.2 Å². The zero-order valence-electron chi connectivity index (χ0n) is 21.8. The van der Waals surface area contributed by atoms with Gasteiger partial charge < -0.3 is 29.5 Å². The minimum Gasteiger partial charge on any atom is -0.508 e. The van der Waals surface area contributed by atoms with Gasteiger partial charge in [0.15, 0.2) is 0 Å². The van der Waals surface area contributed by atoms with Crippen LogP contribution in [0.15, 0.2) is 72.8 Å². The highest BCUT2D eigenvalue weighted by atomic mass is 16.5. The Hall–Kier alpha value is -4.53. The van der Waals surface area contributed by atoms with Crippen molar-refractivity contribution in [2.75, 3.05) is 20.3 Å². The topological polar surface area (TPSA) is 140 Å². The SMILES string of the molecule is CCCCOC(=O)c1ccc(O)cc1.CCCOC(=O)c1ccc(O)cc1.COC(=O)c1ccc(O)cc1. The molecule has 0 fully saturated rings. The summed E-state index contributed by atoms with van der Waals surface area (Å²) < 4.78 is 14.3. The predicted octanol–water partition coefficient (Wildman–Crippen LogP) is 5.49. The van der Waals surface area contributed by atoms with Gasteiger partial charge in [-0.05, 0) is 85.6 Å². The van der Waals surface area contributed by atoms with Gasteiger partial charge in [0, 0.05) is 0 Å². The standard InChI is InChI=1S/C11H14O3.C10H12O3.C8H8O3/c1-2-3-8-14-11(13)9-4-6-10(12)7-5-9;1-2-7-13-10(12)8-3-5-9(11)6-4-8;1-11-8(10)6-2-4-7(9)5-3-6/h4-7,12H,2-3,8H2,1H3;3-6,11H,2,7H2,1H3;2-5,9H,1H3. The van der Waals surface area contributed by atoms with Crippen molar-refractivity contribution in [2.45, 2.75) is 33.1 Å². The van der Waals surface area contributed by atoms with E-state index in [2.05, 4.69) is 4.74 Å². The van der Waals surface area contributed by atoms with Crippen LogP contribution in [0.2, 0.25) is 0 Å². The molecule has 9 heteroatoms. The maximum Gasteiger partial charge on any atom is 0.338 e. The molecule has 0 aliphatic heterocycles. The van der Waals surface area contributed by atoms with Gasteiger partial charge in [0.25, 0.3) is 0 Å². The Morgan fingerprint density at radius 1 is 0.553 bits per heavy atom. The van der Waals surface area contributed by atoms with Gasteiger partial charge in [0.05, 0.1) is 37.0 Å². The zero-order valence-corrected chi connectivity index (χ0v) is 21.8. The number of esters is 3. The maximum atomic E-state index is 11.3. The quantitative estimate of drug-likeness (QED) is 0.197. The number of hydrogen-bond donors (Lipinski definition) is 3. The van der Waals surface area contributed by atoms with E-state index in [1.165, 1.54) is 67.8 Å². The summed E-state index contributed by atoms with van der Waals surface area (Å²) in [6.07, 6.45) is 2.69. The normalized spacial score (nSPS) is 9.55. The fraction of sp³-hybridized carbons (Fsp3) is 0.276. The predicted molar refractivity (Wildman–Crippen MR) is 141 cm³/mol. The van der Waals surface area contributed by atoms with E-state index in [1.54, 1.807) is 12.1 Å². The second kappa shape index (κ2) is 17.8. The molecule has 38 heavy (non-hydrogen) atoms. The summed E-state index contributed by atoms with van der Waals surface area (Å²) in [5, 5.41) is 26.8. The van der Waals surface area contributed by atoms with Crippen molar-refractivity contribution in [1.29, 1.82) is 0 Å². The summed E-state index contributed by atoms with van der Waals surface area (Å²) in [6, 6.07) is 17.9. The van der Waals surface area contributed by atoms with Crippen molar-refractivity contribution in [3.8, 4) is 17.2 Å². The number of phenols is 3. The number of carbonyl (C=O) groups is 3. The Balaban J connectivity index is 0.000000287. The van der Waals surface area contributed by atoms with E-state index >= 15 is 0 Å². The lowest BCUT2D eigenvalue weighted by molar-refractivity contribution is 0.0492. The molecule has 204 valence electrons. The highest BCUT2D eigenvalue weighted by Gasteiger charge is 2.06. The van der Waals surface area contributed by atoms with Crippen molar-refractivity contribution in [3.05, 3.63) is 89.5 Å². The molecular weight excluding hydrogens is 492 g/mol. The summed E-state index contributed by atoms with van der Waals surface area (Å²) in [5.41, 5.74) is 1.37. The first-order valence-corrected chi connectivity index (χ1v) is 12.0. The number of unbranched alkanes of at least 4 members (excludes halogenated alkanes) is 1. The van der Waals surface area contributed by atoms with Gasteiger partial charge in [0.1, 0.15) is 17.2 Å². The molecule has 0 radical (unpaired) electrons. The number of hydrogen-bond acceptors (Lipinski definition) is 9. The van der Waals surface area contributed by atoms with Crippen LogP contribution in [0.4, 0.5) is 0 Å². The molecule has 3 aromatic rings. The van der Waals surface area contributed by atoms with E-state index in [9.17, 15) is 14.4 Å². The molecule has 0 aliphatic carbocycles. The number of methoxy groups -OCH3 is 1. The monoisotopic (exact) mass is 526 g/mol. The number of rotatable bonds is 8. The van der Waals surface area contributed by atoms with Crippen LogP contribution in [0.1, 0.15) is 64.2 Å². The maximum absolute atomic E-state index is 11.3. The second-order valence-electron chi connectivity index (χ2n) is 7.76. The Morgan fingerprint density at radius 3 is 1.21 bits per heavy atom. The van der Waals surface area contributed by atoms with Crippen molar-refractivity contribution in [3.63, 3.8) is 0 Å². The van der Waals surface area contributed by atoms with Crippen molar-refractivity contribution in [1.82, 2.24) is 0 Å². The third-order valence-electron chi connectivity index (χ3n) is 4.66. The first-order chi connectivity index (χ1) is 18.2. The van der Waals surface area contributed by atoms with Gasteiger partial charge in [-0.1, -0.05) is 20.3 Å². The van der Waals surface area contributed by atoms with Gasteiger partial charge in [-0.3, -0.25) is 0 Å². The molecule has 0 aromatic heterocycles. The van der Waals surface area contributed by atoms with E-state index in [-0.39, 0.29) is 29.2 Å². The number of aromatic hydroxyl groups is 3. The van der Waals surface area contributed by atoms with E-state index in [4.69, 9.17) is 24.8 Å². The lowest BCUT2D eigenvalue weighted by Crippen LogP contribution is -2.05. The van der Waals surface area contributed by atoms with Crippen LogP contribution in [0.3, 0.4) is 0 Å². The van der Waals surface area contributed by atoms with E-state index in [0.29, 0.717) is 29.9 Å². The summed E-state index contributed by atoms with van der Waals surface area (Å²) in [5.74, 6) is -0.648. The highest BCUT2D eigenvalue weighted by molar-refractivity contribution is 5.90. The second-order valence-corrected chi connectivity index (χ2v) is 7.76. The van der Waals surface area contributed by atoms with Crippen molar-refractivity contribution < 1.29 is 43.9 Å². The minimum atomic E-state index is -0.398. The number of ether oxygens (including phenoxy) is 3. The fourth-order valence-corrected chi connectivity index (χ4v) is 2.58. The molecule has 0 heterocycles. The lowest BCUT2D eigenvalue weighted by Gasteiger charge is -2.03. The van der Waals surface area contributed by atoms with Crippen molar-refractivity contribution >= 4 is 17.9 Å². The Morgan fingerprint density at radius 2 is 0.895 bits per heavy atom. The largest absolute Gasteiger partial charge is 0.508 e. The van der Waals surface area contributed by atoms with Gasteiger partial charge in [0.2, 0.25) is 0 Å². The molecule has 0 aliphatic rings. The van der Waals surface area contributed by atoms with Crippen LogP contribution in [0.25, 0.3) is 0 Å². The first-order valence-electron chi connectivity index (χ1n) is 12.0. The smallest absolute Gasteiger partial charge is 0.338 e. The van der Waals surface area contributed by atoms with E-state index < -0.39 is 5.97 Å². The van der Waals surface area contributed by atoms with Gasteiger partial charge >= 0.3 is 17.9 Å². The van der Waals surface area contributed by atoms with Crippen LogP contribution in [-0.4, -0.2) is 53.6 Å². The Labute approximate surface area is 222 Å². The molecule has 0 amide bonds. The Bertz CT molecular complexity index is 1110. The molecular formula is C29H34O9. The molecule has 3 rings (SSSR count). The van der Waals surface area contributed by atoms with Crippen LogP contribution in [0, 0.1) is 0 Å². The fourth-order valence-electron chi connectivity index (χ4n) is 2.58. The molecule has 9 nitrogen and oxygen atoms in total. The number of benzene rings is 3. The third-order valence-corrected chi connectivity index (χ3v) is 4.66. The first kappa shape index (κ1) is 31.5. The van der Waals surface area contributed by atoms with E-state index in [1.807, 2.05) is 13.8 Å². The molecule has 0 bridgehead atoms. The van der Waals surface area contributed by atoms with E-state index in [0.717, 1.165) is 19.3 Å².